The van der Waals surface area contributed by atoms with Crippen LogP contribution in [0.25, 0.3) is 11.3 Å². The Morgan fingerprint density at radius 1 is 1.11 bits per heavy atom. The van der Waals surface area contributed by atoms with Crippen LogP contribution < -0.4 is 5.32 Å². The number of benzene rings is 2. The highest BCUT2D eigenvalue weighted by Crippen LogP contribution is 2.29. The van der Waals surface area contributed by atoms with E-state index in [1.807, 2.05) is 54.6 Å². The van der Waals surface area contributed by atoms with Gasteiger partial charge in [-0.15, -0.1) is 10.2 Å². The first-order valence-corrected chi connectivity index (χ1v) is 10.4. The van der Waals surface area contributed by atoms with Crippen LogP contribution in [0.15, 0.2) is 69.5 Å². The lowest BCUT2D eigenvalue weighted by molar-refractivity contribution is 0.101. The normalized spacial score (nSPS) is 10.8. The highest BCUT2D eigenvalue weighted by molar-refractivity contribution is 8.00. The van der Waals surface area contributed by atoms with Gasteiger partial charge in [-0.25, -0.2) is 0 Å². The number of aromatic nitrogens is 3. The van der Waals surface area contributed by atoms with E-state index in [0.717, 1.165) is 15.5 Å². The van der Waals surface area contributed by atoms with E-state index in [1.54, 1.807) is 6.07 Å². The molecule has 0 fully saturated rings. The minimum absolute atomic E-state index is 0.183. The Kier molecular flexibility index (Phi) is 5.70. The first-order valence-electron chi connectivity index (χ1n) is 8.21. The molecule has 2 aromatic carbocycles. The number of thioether (sulfide) groups is 1. The first kappa shape index (κ1) is 18.7. The molecule has 2 aromatic heterocycles. The Hall–Kier alpha value is -2.68. The molecular formula is C19H13ClN4O2S2. The van der Waals surface area contributed by atoms with Crippen LogP contribution in [0, 0.1) is 0 Å². The van der Waals surface area contributed by atoms with E-state index < -0.39 is 5.91 Å². The van der Waals surface area contributed by atoms with Crippen molar-refractivity contribution in [2.24, 2.45) is 0 Å². The zero-order valence-electron chi connectivity index (χ0n) is 14.3. The van der Waals surface area contributed by atoms with Gasteiger partial charge in [-0.1, -0.05) is 82.3 Å². The molecule has 1 amide bonds. The summed E-state index contributed by atoms with van der Waals surface area (Å²) in [7, 11) is 0. The Morgan fingerprint density at radius 3 is 2.79 bits per heavy atom. The topological polar surface area (TPSA) is 80.9 Å². The molecule has 0 saturated carbocycles. The van der Waals surface area contributed by atoms with Crippen LogP contribution in [0.5, 0.6) is 0 Å². The number of amides is 1. The maximum absolute atomic E-state index is 12.4. The van der Waals surface area contributed by atoms with Crippen LogP contribution in [-0.2, 0) is 5.75 Å². The average molecular weight is 429 g/mol. The second-order valence-corrected chi connectivity index (χ2v) is 8.32. The van der Waals surface area contributed by atoms with Gasteiger partial charge in [0.25, 0.3) is 5.91 Å². The van der Waals surface area contributed by atoms with E-state index in [1.165, 1.54) is 23.1 Å². The number of carbonyl (C=O) groups is 1. The van der Waals surface area contributed by atoms with Gasteiger partial charge in [0.1, 0.15) is 0 Å². The highest BCUT2D eigenvalue weighted by atomic mass is 35.5. The van der Waals surface area contributed by atoms with Gasteiger partial charge in [0, 0.05) is 22.4 Å². The molecule has 9 heteroatoms. The lowest BCUT2D eigenvalue weighted by Gasteiger charge is -1.98. The standard InChI is InChI=1S/C19H13ClN4O2S2/c20-14-8-4-5-12(9-14)11-27-19-23-22-18(28-19)21-17(25)15-10-16(26-24-15)13-6-2-1-3-7-13/h1-10H,11H2,(H,21,22,25). The fourth-order valence-electron chi connectivity index (χ4n) is 2.37. The number of carbonyl (C=O) groups excluding carboxylic acids is 1. The van der Waals surface area contributed by atoms with Gasteiger partial charge in [-0.2, -0.15) is 0 Å². The van der Waals surface area contributed by atoms with Crippen molar-refractivity contribution in [2.45, 2.75) is 10.1 Å². The van der Waals surface area contributed by atoms with Crippen LogP contribution in [0.1, 0.15) is 16.1 Å². The average Bonchev–Trinajstić information content (AvgIpc) is 3.37. The molecule has 2 heterocycles. The minimum atomic E-state index is -0.395. The Balaban J connectivity index is 1.37. The summed E-state index contributed by atoms with van der Waals surface area (Å²) in [5, 5.41) is 15.7. The zero-order chi connectivity index (χ0) is 19.3. The summed E-state index contributed by atoms with van der Waals surface area (Å²) in [5.74, 6) is 0.849. The second kappa shape index (κ2) is 8.55. The van der Waals surface area contributed by atoms with Crippen LogP contribution in [0.2, 0.25) is 5.02 Å². The molecule has 4 aromatic rings. The third-order valence-electron chi connectivity index (χ3n) is 3.68. The number of rotatable bonds is 6. The van der Waals surface area contributed by atoms with E-state index in [0.29, 0.717) is 21.7 Å². The molecule has 6 nitrogen and oxygen atoms in total. The van der Waals surface area contributed by atoms with Gasteiger partial charge < -0.3 is 4.52 Å². The molecule has 0 aliphatic rings. The fraction of sp³-hybridized carbons (Fsp3) is 0.0526. The quantitative estimate of drug-likeness (QED) is 0.327. The van der Waals surface area contributed by atoms with Crippen molar-refractivity contribution in [3.05, 3.63) is 76.9 Å². The minimum Gasteiger partial charge on any atom is -0.355 e. The van der Waals surface area contributed by atoms with Gasteiger partial charge in [-0.3, -0.25) is 10.1 Å². The predicted molar refractivity (Wildman–Crippen MR) is 111 cm³/mol. The maximum atomic E-state index is 12.4. The molecule has 4 rings (SSSR count). The molecule has 0 aliphatic carbocycles. The SMILES string of the molecule is O=C(Nc1nnc(SCc2cccc(Cl)c2)s1)c1cc(-c2ccccc2)on1. The summed E-state index contributed by atoms with van der Waals surface area (Å²) < 4.78 is 6.00. The Morgan fingerprint density at radius 2 is 1.96 bits per heavy atom. The molecule has 0 radical (unpaired) electrons. The van der Waals surface area contributed by atoms with Gasteiger partial charge in [0.2, 0.25) is 5.13 Å². The highest BCUT2D eigenvalue weighted by Gasteiger charge is 2.16. The van der Waals surface area contributed by atoms with Crippen LogP contribution in [0.4, 0.5) is 5.13 Å². The van der Waals surface area contributed by atoms with Crippen LogP contribution in [-0.4, -0.2) is 21.3 Å². The molecular weight excluding hydrogens is 416 g/mol. The molecule has 0 saturated heterocycles. The maximum Gasteiger partial charge on any atom is 0.279 e. The predicted octanol–water partition coefficient (Wildman–Crippen LogP) is 5.39. The summed E-state index contributed by atoms with van der Waals surface area (Å²) in [6, 6.07) is 18.7. The molecule has 0 atom stereocenters. The summed E-state index contributed by atoms with van der Waals surface area (Å²) in [6.45, 7) is 0. The van der Waals surface area contributed by atoms with E-state index in [2.05, 4.69) is 20.7 Å². The van der Waals surface area contributed by atoms with Crippen molar-refractivity contribution in [2.75, 3.05) is 5.32 Å². The van der Waals surface area contributed by atoms with Crippen molar-refractivity contribution in [3.8, 4) is 11.3 Å². The number of nitrogens with zero attached hydrogens (tertiary/aromatic N) is 3. The first-order chi connectivity index (χ1) is 13.7. The number of anilines is 1. The molecule has 1 N–H and O–H groups in total. The van der Waals surface area contributed by atoms with Crippen LogP contribution >= 0.6 is 34.7 Å². The van der Waals surface area contributed by atoms with Crippen molar-refractivity contribution < 1.29 is 9.32 Å². The van der Waals surface area contributed by atoms with E-state index in [4.69, 9.17) is 16.1 Å². The van der Waals surface area contributed by atoms with Crippen molar-refractivity contribution in [1.82, 2.24) is 15.4 Å². The molecule has 0 aliphatic heterocycles. The smallest absolute Gasteiger partial charge is 0.279 e. The third kappa shape index (κ3) is 4.59. The van der Waals surface area contributed by atoms with E-state index in [-0.39, 0.29) is 5.69 Å². The largest absolute Gasteiger partial charge is 0.355 e. The number of hydrogen-bond acceptors (Lipinski definition) is 7. The number of hydrogen-bond donors (Lipinski definition) is 1. The molecule has 0 bridgehead atoms. The monoisotopic (exact) mass is 428 g/mol. The Labute approximate surface area is 173 Å². The van der Waals surface area contributed by atoms with Crippen molar-refractivity contribution >= 4 is 45.7 Å². The lowest BCUT2D eigenvalue weighted by atomic mass is 10.1. The van der Waals surface area contributed by atoms with Crippen LogP contribution in [0.3, 0.4) is 0 Å². The number of halogens is 1. The molecule has 0 spiro atoms. The molecule has 140 valence electrons. The zero-order valence-corrected chi connectivity index (χ0v) is 16.7. The van der Waals surface area contributed by atoms with Gasteiger partial charge in [-0.05, 0) is 17.7 Å². The summed E-state index contributed by atoms with van der Waals surface area (Å²) in [5.41, 5.74) is 2.13. The van der Waals surface area contributed by atoms with E-state index >= 15 is 0 Å². The fourth-order valence-corrected chi connectivity index (χ4v) is 4.28. The van der Waals surface area contributed by atoms with Gasteiger partial charge in [0.15, 0.2) is 15.8 Å². The second-order valence-electron chi connectivity index (χ2n) is 5.69. The third-order valence-corrected chi connectivity index (χ3v) is 5.96. The molecule has 0 unspecified atom stereocenters. The van der Waals surface area contributed by atoms with Crippen molar-refractivity contribution in [1.29, 1.82) is 0 Å². The summed E-state index contributed by atoms with van der Waals surface area (Å²) in [4.78, 5) is 12.4. The molecule has 28 heavy (non-hydrogen) atoms. The Bertz CT molecular complexity index is 1100. The van der Waals surface area contributed by atoms with Gasteiger partial charge >= 0.3 is 0 Å². The van der Waals surface area contributed by atoms with E-state index in [9.17, 15) is 4.79 Å². The van der Waals surface area contributed by atoms with Gasteiger partial charge in [0.05, 0.1) is 0 Å². The lowest BCUT2D eigenvalue weighted by Crippen LogP contribution is -2.11. The van der Waals surface area contributed by atoms with Crippen molar-refractivity contribution in [3.63, 3.8) is 0 Å². The summed E-state index contributed by atoms with van der Waals surface area (Å²) >= 11 is 8.82. The number of nitrogens with one attached hydrogen (secondary N) is 1. The summed E-state index contributed by atoms with van der Waals surface area (Å²) in [6.07, 6.45) is 0.